The van der Waals surface area contributed by atoms with Crippen LogP contribution in [0.15, 0.2) is 28.8 Å². The Balaban J connectivity index is 1.78. The summed E-state index contributed by atoms with van der Waals surface area (Å²) in [6.07, 6.45) is 0.878. The third kappa shape index (κ3) is 3.24. The van der Waals surface area contributed by atoms with Crippen LogP contribution in [0, 0.1) is 0 Å². The summed E-state index contributed by atoms with van der Waals surface area (Å²) in [5.74, 6) is 2.45. The molecule has 0 saturated heterocycles. The number of hydrogen-bond acceptors (Lipinski definition) is 5. The minimum absolute atomic E-state index is 0.0277. The predicted molar refractivity (Wildman–Crippen MR) is 79.3 cm³/mol. The highest BCUT2D eigenvalue weighted by atomic mass is 16.5. The topological polar surface area (TPSA) is 60.2 Å². The Bertz CT molecular complexity index is 616. The van der Waals surface area contributed by atoms with E-state index < -0.39 is 0 Å². The van der Waals surface area contributed by atoms with Crippen LogP contribution in [0.3, 0.4) is 0 Å². The maximum absolute atomic E-state index is 5.68. The summed E-state index contributed by atoms with van der Waals surface area (Å²) < 4.78 is 11.0. The Labute approximate surface area is 124 Å². The summed E-state index contributed by atoms with van der Waals surface area (Å²) in [7, 11) is 0. The van der Waals surface area contributed by atoms with Crippen molar-refractivity contribution >= 4 is 0 Å². The van der Waals surface area contributed by atoms with Gasteiger partial charge in [0, 0.05) is 11.1 Å². The van der Waals surface area contributed by atoms with E-state index in [1.807, 2.05) is 18.2 Å². The van der Waals surface area contributed by atoms with Gasteiger partial charge in [-0.2, -0.15) is 4.98 Å². The zero-order valence-corrected chi connectivity index (χ0v) is 12.7. The Morgan fingerprint density at radius 3 is 2.90 bits per heavy atom. The fourth-order valence-corrected chi connectivity index (χ4v) is 2.43. The number of rotatable bonds is 3. The highest BCUT2D eigenvalue weighted by Gasteiger charge is 2.27. The Morgan fingerprint density at radius 2 is 2.10 bits per heavy atom. The van der Waals surface area contributed by atoms with Gasteiger partial charge in [-0.3, -0.25) is 0 Å². The van der Waals surface area contributed by atoms with E-state index in [9.17, 15) is 0 Å². The summed E-state index contributed by atoms with van der Waals surface area (Å²) in [6.45, 7) is 7.60. The molecule has 5 heteroatoms. The highest BCUT2D eigenvalue weighted by Crippen LogP contribution is 2.36. The van der Waals surface area contributed by atoms with Crippen LogP contribution in [0.1, 0.15) is 50.4 Å². The van der Waals surface area contributed by atoms with Gasteiger partial charge in [-0.15, -0.1) is 0 Å². The van der Waals surface area contributed by atoms with Gasteiger partial charge < -0.3 is 14.6 Å². The van der Waals surface area contributed by atoms with Gasteiger partial charge in [0.05, 0.1) is 19.1 Å². The number of aromatic nitrogens is 2. The minimum Gasteiger partial charge on any atom is -0.493 e. The summed E-state index contributed by atoms with van der Waals surface area (Å²) >= 11 is 0. The summed E-state index contributed by atoms with van der Waals surface area (Å²) in [6, 6.07) is 8.06. The van der Waals surface area contributed by atoms with Crippen LogP contribution in [0.4, 0.5) is 0 Å². The van der Waals surface area contributed by atoms with Crippen LogP contribution >= 0.6 is 0 Å². The van der Waals surface area contributed by atoms with Gasteiger partial charge in [-0.05, 0) is 33.3 Å². The molecule has 0 saturated carbocycles. The van der Waals surface area contributed by atoms with E-state index >= 15 is 0 Å². The molecule has 1 aliphatic heterocycles. The molecule has 0 spiro atoms. The maximum Gasteiger partial charge on any atom is 0.240 e. The number of para-hydroxylation sites is 1. The number of nitrogens with one attached hydrogen (secondary N) is 1. The van der Waals surface area contributed by atoms with E-state index in [2.05, 4.69) is 42.3 Å². The molecule has 0 aliphatic carbocycles. The molecule has 0 fully saturated rings. The van der Waals surface area contributed by atoms with E-state index in [0.29, 0.717) is 19.0 Å². The zero-order chi connectivity index (χ0) is 14.9. The van der Waals surface area contributed by atoms with Crippen LogP contribution in [0.25, 0.3) is 0 Å². The van der Waals surface area contributed by atoms with Gasteiger partial charge in [0.25, 0.3) is 0 Å². The second-order valence-electron chi connectivity index (χ2n) is 6.38. The fourth-order valence-electron chi connectivity index (χ4n) is 2.43. The SMILES string of the molecule is CC(C)(C)NCc1nc(C2CCOc3ccccc32)no1. The van der Waals surface area contributed by atoms with Crippen molar-refractivity contribution in [2.45, 2.75) is 45.2 Å². The smallest absolute Gasteiger partial charge is 0.240 e. The van der Waals surface area contributed by atoms with Gasteiger partial charge in [0.15, 0.2) is 5.82 Å². The van der Waals surface area contributed by atoms with Crippen molar-refractivity contribution in [2.24, 2.45) is 0 Å². The van der Waals surface area contributed by atoms with Crippen LogP contribution in [-0.2, 0) is 6.54 Å². The van der Waals surface area contributed by atoms with E-state index in [4.69, 9.17) is 9.26 Å². The molecule has 1 unspecified atom stereocenters. The van der Waals surface area contributed by atoms with Gasteiger partial charge in [0.2, 0.25) is 5.89 Å². The number of nitrogens with zero attached hydrogens (tertiary/aromatic N) is 2. The highest BCUT2D eigenvalue weighted by molar-refractivity contribution is 5.40. The average molecular weight is 287 g/mol. The van der Waals surface area contributed by atoms with Gasteiger partial charge >= 0.3 is 0 Å². The molecule has 1 aromatic heterocycles. The first-order valence-electron chi connectivity index (χ1n) is 7.32. The van der Waals surface area contributed by atoms with E-state index in [-0.39, 0.29) is 11.5 Å². The monoisotopic (exact) mass is 287 g/mol. The molecular weight excluding hydrogens is 266 g/mol. The second kappa shape index (κ2) is 5.48. The van der Waals surface area contributed by atoms with E-state index in [1.54, 1.807) is 0 Å². The minimum atomic E-state index is 0.0277. The molecule has 3 rings (SSSR count). The summed E-state index contributed by atoms with van der Waals surface area (Å²) in [5.41, 5.74) is 1.17. The van der Waals surface area contributed by atoms with Crippen LogP contribution in [0.2, 0.25) is 0 Å². The molecule has 2 aromatic rings. The van der Waals surface area contributed by atoms with Crippen molar-refractivity contribution in [3.8, 4) is 5.75 Å². The lowest BCUT2D eigenvalue weighted by Gasteiger charge is -2.23. The molecule has 21 heavy (non-hydrogen) atoms. The van der Waals surface area contributed by atoms with Crippen molar-refractivity contribution in [1.82, 2.24) is 15.5 Å². The Morgan fingerprint density at radius 1 is 1.29 bits per heavy atom. The lowest BCUT2D eigenvalue weighted by Crippen LogP contribution is -2.35. The van der Waals surface area contributed by atoms with Gasteiger partial charge in [0.1, 0.15) is 5.75 Å². The van der Waals surface area contributed by atoms with Crippen LogP contribution in [-0.4, -0.2) is 22.3 Å². The third-order valence-corrected chi connectivity index (χ3v) is 3.52. The molecule has 1 N–H and O–H groups in total. The van der Waals surface area contributed by atoms with Crippen molar-refractivity contribution in [3.05, 3.63) is 41.5 Å². The normalized spacial score (nSPS) is 18.1. The lowest BCUT2D eigenvalue weighted by atomic mass is 9.92. The summed E-state index contributed by atoms with van der Waals surface area (Å²) in [4.78, 5) is 4.54. The molecule has 0 bridgehead atoms. The molecule has 0 radical (unpaired) electrons. The average Bonchev–Trinajstić information content (AvgIpc) is 2.92. The predicted octanol–water partition coefficient (Wildman–Crippen LogP) is 2.87. The van der Waals surface area contributed by atoms with Crippen LogP contribution in [0.5, 0.6) is 5.75 Å². The number of hydrogen-bond donors (Lipinski definition) is 1. The number of benzene rings is 1. The van der Waals surface area contributed by atoms with E-state index in [1.165, 1.54) is 0 Å². The lowest BCUT2D eigenvalue weighted by molar-refractivity contribution is 0.271. The third-order valence-electron chi connectivity index (χ3n) is 3.52. The molecule has 1 aromatic carbocycles. The summed E-state index contributed by atoms with van der Waals surface area (Å²) in [5, 5.41) is 7.51. The number of ether oxygens (including phenoxy) is 1. The molecular formula is C16H21N3O2. The quantitative estimate of drug-likeness (QED) is 0.940. The fraction of sp³-hybridized carbons (Fsp3) is 0.500. The van der Waals surface area contributed by atoms with E-state index in [0.717, 1.165) is 23.6 Å². The van der Waals surface area contributed by atoms with Crippen molar-refractivity contribution in [2.75, 3.05) is 6.61 Å². The first-order valence-corrected chi connectivity index (χ1v) is 7.32. The molecule has 1 atom stereocenters. The molecule has 0 amide bonds. The Hall–Kier alpha value is -1.88. The van der Waals surface area contributed by atoms with Crippen LogP contribution < -0.4 is 10.1 Å². The first-order chi connectivity index (χ1) is 10.0. The van der Waals surface area contributed by atoms with Gasteiger partial charge in [-0.1, -0.05) is 23.4 Å². The molecule has 2 heterocycles. The zero-order valence-electron chi connectivity index (χ0n) is 12.7. The van der Waals surface area contributed by atoms with Crippen molar-refractivity contribution in [3.63, 3.8) is 0 Å². The standard InChI is InChI=1S/C16H21N3O2/c1-16(2,3)17-10-14-18-15(19-21-14)12-8-9-20-13-7-5-4-6-11(12)13/h4-7,12,17H,8-10H2,1-3H3. The largest absolute Gasteiger partial charge is 0.493 e. The van der Waals surface area contributed by atoms with Crippen molar-refractivity contribution in [1.29, 1.82) is 0 Å². The van der Waals surface area contributed by atoms with Crippen molar-refractivity contribution < 1.29 is 9.26 Å². The number of fused-ring (bicyclic) bond motifs is 1. The second-order valence-corrected chi connectivity index (χ2v) is 6.38. The Kier molecular flexibility index (Phi) is 3.68. The maximum atomic E-state index is 5.68. The first kappa shape index (κ1) is 14.1. The van der Waals surface area contributed by atoms with Gasteiger partial charge in [-0.25, -0.2) is 0 Å². The molecule has 112 valence electrons. The molecule has 5 nitrogen and oxygen atoms in total. The molecule has 1 aliphatic rings.